The Kier molecular flexibility index (Phi) is 5.07. The second-order valence-corrected chi connectivity index (χ2v) is 7.68. The first-order valence-electron chi connectivity index (χ1n) is 10.1. The van der Waals surface area contributed by atoms with Gasteiger partial charge in [-0.15, -0.1) is 0 Å². The maximum Gasteiger partial charge on any atom is 0.253 e. The summed E-state index contributed by atoms with van der Waals surface area (Å²) >= 11 is 0. The van der Waals surface area contributed by atoms with Crippen molar-refractivity contribution in [3.8, 4) is 0 Å². The van der Waals surface area contributed by atoms with Gasteiger partial charge >= 0.3 is 0 Å². The summed E-state index contributed by atoms with van der Waals surface area (Å²) in [6.07, 6.45) is 1.33. The van der Waals surface area contributed by atoms with Crippen LogP contribution in [0.1, 0.15) is 34.8 Å². The van der Waals surface area contributed by atoms with Crippen LogP contribution in [0.4, 0.5) is 11.4 Å². The first-order chi connectivity index (χ1) is 13.6. The van der Waals surface area contributed by atoms with E-state index in [1.54, 1.807) is 0 Å². The van der Waals surface area contributed by atoms with Crippen molar-refractivity contribution in [2.45, 2.75) is 26.7 Å². The third-order valence-corrected chi connectivity index (χ3v) is 5.64. The molecule has 1 saturated heterocycles. The van der Waals surface area contributed by atoms with Crippen LogP contribution in [0.2, 0.25) is 0 Å². The maximum absolute atomic E-state index is 13.0. The average Bonchev–Trinajstić information content (AvgIpc) is 3.02. The van der Waals surface area contributed by atoms with Gasteiger partial charge in [-0.3, -0.25) is 9.59 Å². The van der Waals surface area contributed by atoms with E-state index in [2.05, 4.69) is 43.0 Å². The van der Waals surface area contributed by atoms with Crippen molar-refractivity contribution < 1.29 is 9.59 Å². The van der Waals surface area contributed by atoms with Crippen LogP contribution in [0, 0.1) is 6.92 Å². The summed E-state index contributed by atoms with van der Waals surface area (Å²) in [5.41, 5.74) is 5.10. The Bertz CT molecular complexity index is 900. The van der Waals surface area contributed by atoms with Gasteiger partial charge in [-0.1, -0.05) is 19.1 Å². The van der Waals surface area contributed by atoms with Crippen LogP contribution in [0.3, 0.4) is 0 Å². The molecule has 2 aliphatic rings. The van der Waals surface area contributed by atoms with Crippen LogP contribution in [0.15, 0.2) is 42.5 Å². The minimum atomic E-state index is 0.0630. The number of carbonyl (C=O) groups is 2. The van der Waals surface area contributed by atoms with E-state index in [0.717, 1.165) is 37.3 Å². The Morgan fingerprint density at radius 2 is 1.82 bits per heavy atom. The fourth-order valence-corrected chi connectivity index (χ4v) is 4.16. The molecule has 2 aliphatic heterocycles. The summed E-state index contributed by atoms with van der Waals surface area (Å²) in [7, 11) is 0. The van der Waals surface area contributed by atoms with Gasteiger partial charge in [-0.2, -0.15) is 0 Å². The number of aryl methyl sites for hydroxylation is 1. The number of piperazine rings is 1. The molecule has 4 rings (SSSR count). The number of fused-ring (bicyclic) bond motifs is 1. The zero-order valence-corrected chi connectivity index (χ0v) is 16.6. The Hall–Kier alpha value is -2.82. The van der Waals surface area contributed by atoms with Gasteiger partial charge in [0.25, 0.3) is 5.91 Å². The third-order valence-electron chi connectivity index (χ3n) is 5.64. The van der Waals surface area contributed by atoms with Crippen molar-refractivity contribution >= 4 is 23.2 Å². The summed E-state index contributed by atoms with van der Waals surface area (Å²) in [4.78, 5) is 31.3. The highest BCUT2D eigenvalue weighted by Crippen LogP contribution is 2.30. The van der Waals surface area contributed by atoms with E-state index in [4.69, 9.17) is 0 Å². The standard InChI is InChI=1S/C23H27N3O2/c1-3-9-26-21-8-7-18(15-19(21)16-22(26)27)23(28)25-12-10-24(11-13-25)20-6-4-5-17(2)14-20/h4-8,14-15H,3,9-13,16H2,1-2H3. The van der Waals surface area contributed by atoms with Crippen LogP contribution in [0.25, 0.3) is 0 Å². The lowest BCUT2D eigenvalue weighted by Crippen LogP contribution is -2.48. The molecule has 0 aromatic heterocycles. The molecular weight excluding hydrogens is 350 g/mol. The first-order valence-corrected chi connectivity index (χ1v) is 10.1. The minimum absolute atomic E-state index is 0.0630. The molecule has 0 aliphatic carbocycles. The Labute approximate surface area is 166 Å². The van der Waals surface area contributed by atoms with E-state index in [1.165, 1.54) is 11.3 Å². The van der Waals surface area contributed by atoms with Gasteiger partial charge in [0.2, 0.25) is 5.91 Å². The molecule has 0 atom stereocenters. The van der Waals surface area contributed by atoms with Gasteiger partial charge in [0.15, 0.2) is 0 Å². The Morgan fingerprint density at radius 3 is 2.54 bits per heavy atom. The van der Waals surface area contributed by atoms with Crippen molar-refractivity contribution in [3.63, 3.8) is 0 Å². The average molecular weight is 377 g/mol. The predicted octanol–water partition coefficient (Wildman–Crippen LogP) is 3.26. The molecule has 0 bridgehead atoms. The molecule has 2 amide bonds. The van der Waals surface area contributed by atoms with Gasteiger partial charge in [-0.25, -0.2) is 0 Å². The molecule has 5 heteroatoms. The number of rotatable bonds is 4. The number of hydrogen-bond acceptors (Lipinski definition) is 3. The molecule has 28 heavy (non-hydrogen) atoms. The molecule has 0 saturated carbocycles. The molecule has 2 heterocycles. The van der Waals surface area contributed by atoms with Crippen molar-refractivity contribution in [1.29, 1.82) is 0 Å². The monoisotopic (exact) mass is 377 g/mol. The SMILES string of the molecule is CCCN1C(=O)Cc2cc(C(=O)N3CCN(c4cccc(C)c4)CC3)ccc21. The van der Waals surface area contributed by atoms with Gasteiger partial charge in [0.05, 0.1) is 6.42 Å². The van der Waals surface area contributed by atoms with Crippen LogP contribution in [-0.4, -0.2) is 49.4 Å². The van der Waals surface area contributed by atoms with Gasteiger partial charge in [0.1, 0.15) is 0 Å². The lowest BCUT2D eigenvalue weighted by Gasteiger charge is -2.36. The van der Waals surface area contributed by atoms with E-state index in [1.807, 2.05) is 28.0 Å². The van der Waals surface area contributed by atoms with Gasteiger partial charge < -0.3 is 14.7 Å². The topological polar surface area (TPSA) is 43.9 Å². The second-order valence-electron chi connectivity index (χ2n) is 7.68. The molecule has 0 N–H and O–H groups in total. The zero-order valence-electron chi connectivity index (χ0n) is 16.6. The van der Waals surface area contributed by atoms with Crippen molar-refractivity contribution in [2.75, 3.05) is 42.5 Å². The normalized spacial score (nSPS) is 16.5. The number of benzene rings is 2. The summed E-state index contributed by atoms with van der Waals surface area (Å²) in [5.74, 6) is 0.196. The third kappa shape index (κ3) is 3.49. The number of amides is 2. The lowest BCUT2D eigenvalue weighted by molar-refractivity contribution is -0.117. The van der Waals surface area contributed by atoms with E-state index in [9.17, 15) is 9.59 Å². The maximum atomic E-state index is 13.0. The minimum Gasteiger partial charge on any atom is -0.368 e. The fourth-order valence-electron chi connectivity index (χ4n) is 4.16. The number of nitrogens with zero attached hydrogens (tertiary/aromatic N) is 3. The van der Waals surface area contributed by atoms with Crippen LogP contribution in [0.5, 0.6) is 0 Å². The fraction of sp³-hybridized carbons (Fsp3) is 0.391. The first kappa shape index (κ1) is 18.5. The quantitative estimate of drug-likeness (QED) is 0.822. The summed E-state index contributed by atoms with van der Waals surface area (Å²) in [5, 5.41) is 0. The van der Waals surface area contributed by atoms with Crippen LogP contribution >= 0.6 is 0 Å². The lowest BCUT2D eigenvalue weighted by atomic mass is 10.1. The number of anilines is 2. The van der Waals surface area contributed by atoms with Crippen molar-refractivity contribution in [3.05, 3.63) is 59.2 Å². The molecule has 2 aromatic rings. The summed E-state index contributed by atoms with van der Waals surface area (Å²) < 4.78 is 0. The molecule has 5 nitrogen and oxygen atoms in total. The van der Waals surface area contributed by atoms with E-state index in [-0.39, 0.29) is 11.8 Å². The molecule has 146 valence electrons. The largest absolute Gasteiger partial charge is 0.368 e. The van der Waals surface area contributed by atoms with E-state index in [0.29, 0.717) is 25.1 Å². The molecule has 0 radical (unpaired) electrons. The molecular formula is C23H27N3O2. The van der Waals surface area contributed by atoms with Crippen molar-refractivity contribution in [1.82, 2.24) is 4.90 Å². The highest BCUT2D eigenvalue weighted by atomic mass is 16.2. The van der Waals surface area contributed by atoms with Gasteiger partial charge in [-0.05, 0) is 54.8 Å². The van der Waals surface area contributed by atoms with Gasteiger partial charge in [0, 0.05) is 49.7 Å². The summed E-state index contributed by atoms with van der Waals surface area (Å²) in [6.45, 7) is 8.00. The van der Waals surface area contributed by atoms with E-state index >= 15 is 0 Å². The van der Waals surface area contributed by atoms with Crippen LogP contribution in [-0.2, 0) is 11.2 Å². The van der Waals surface area contributed by atoms with Crippen molar-refractivity contribution in [2.24, 2.45) is 0 Å². The Balaban J connectivity index is 1.44. The Morgan fingerprint density at radius 1 is 1.04 bits per heavy atom. The number of carbonyl (C=O) groups excluding carboxylic acids is 2. The zero-order chi connectivity index (χ0) is 19.7. The van der Waals surface area contributed by atoms with Crippen LogP contribution < -0.4 is 9.80 Å². The predicted molar refractivity (Wildman–Crippen MR) is 112 cm³/mol. The van der Waals surface area contributed by atoms with E-state index < -0.39 is 0 Å². The smallest absolute Gasteiger partial charge is 0.253 e. The highest BCUT2D eigenvalue weighted by molar-refractivity contribution is 6.03. The molecule has 0 unspecified atom stereocenters. The highest BCUT2D eigenvalue weighted by Gasteiger charge is 2.28. The molecule has 2 aromatic carbocycles. The second kappa shape index (κ2) is 7.66. The molecule has 1 fully saturated rings. The summed E-state index contributed by atoms with van der Waals surface area (Å²) in [6, 6.07) is 14.2. The number of hydrogen-bond donors (Lipinski definition) is 0. The molecule has 0 spiro atoms.